The van der Waals surface area contributed by atoms with Gasteiger partial charge in [0.15, 0.2) is 0 Å². The fourth-order valence-corrected chi connectivity index (χ4v) is 5.28. The second kappa shape index (κ2) is 9.79. The molecule has 0 spiro atoms. The molecule has 2 fully saturated rings. The maximum absolute atomic E-state index is 2.47. The summed E-state index contributed by atoms with van der Waals surface area (Å²) in [6, 6.07) is 9.87. The van der Waals surface area contributed by atoms with Gasteiger partial charge < -0.3 is 0 Å². The molecule has 0 nitrogen and oxygen atoms in total. The molecule has 3 rings (SSSR count). The van der Waals surface area contributed by atoms with Crippen LogP contribution >= 0.6 is 0 Å². The summed E-state index contributed by atoms with van der Waals surface area (Å²) in [5.74, 6) is 3.65. The standard InChI is InChI=1S/C25H40/c1-3-4-5-6-7-21-10-14-23(15-11-21)25-18-16-24(17-19-25)22-12-8-20(2)9-13-22/h16-23H,3-15H2,1-2H3/t20-,21-,22-,23-. The molecule has 0 heterocycles. The molecule has 0 bridgehead atoms. The van der Waals surface area contributed by atoms with Gasteiger partial charge in [-0.05, 0) is 73.3 Å². The summed E-state index contributed by atoms with van der Waals surface area (Å²) in [7, 11) is 0. The zero-order chi connectivity index (χ0) is 17.5. The summed E-state index contributed by atoms with van der Waals surface area (Å²) in [6.45, 7) is 4.73. The molecular formula is C25H40. The zero-order valence-corrected chi connectivity index (χ0v) is 16.8. The number of hydrogen-bond donors (Lipinski definition) is 0. The lowest BCUT2D eigenvalue weighted by Crippen LogP contribution is -2.14. The van der Waals surface area contributed by atoms with Crippen LogP contribution in [0.15, 0.2) is 24.3 Å². The average molecular weight is 341 g/mol. The van der Waals surface area contributed by atoms with Crippen LogP contribution in [0.2, 0.25) is 0 Å². The van der Waals surface area contributed by atoms with Crippen LogP contribution in [0, 0.1) is 11.8 Å². The van der Waals surface area contributed by atoms with Gasteiger partial charge in [-0.25, -0.2) is 0 Å². The molecule has 1 aromatic carbocycles. The van der Waals surface area contributed by atoms with Gasteiger partial charge in [0.2, 0.25) is 0 Å². The first-order chi connectivity index (χ1) is 12.3. The highest BCUT2D eigenvalue weighted by Gasteiger charge is 2.23. The summed E-state index contributed by atoms with van der Waals surface area (Å²) >= 11 is 0. The monoisotopic (exact) mass is 340 g/mol. The van der Waals surface area contributed by atoms with E-state index in [4.69, 9.17) is 0 Å². The summed E-state index contributed by atoms with van der Waals surface area (Å²) < 4.78 is 0. The molecule has 140 valence electrons. The van der Waals surface area contributed by atoms with E-state index in [1.807, 2.05) is 0 Å². The smallest absolute Gasteiger partial charge is 0.0162 e. The summed E-state index contributed by atoms with van der Waals surface area (Å²) in [4.78, 5) is 0. The molecule has 0 aliphatic heterocycles. The molecule has 0 radical (unpaired) electrons. The molecule has 2 aliphatic rings. The highest BCUT2D eigenvalue weighted by Crippen LogP contribution is 2.39. The number of rotatable bonds is 7. The third kappa shape index (κ3) is 5.60. The molecule has 0 aromatic heterocycles. The molecule has 25 heavy (non-hydrogen) atoms. The molecule has 0 heteroatoms. The molecule has 2 saturated carbocycles. The Morgan fingerprint density at radius 3 is 1.72 bits per heavy atom. The van der Waals surface area contributed by atoms with Crippen molar-refractivity contribution >= 4 is 0 Å². The van der Waals surface area contributed by atoms with Crippen LogP contribution in [-0.4, -0.2) is 0 Å². The van der Waals surface area contributed by atoms with Crippen LogP contribution in [-0.2, 0) is 0 Å². The van der Waals surface area contributed by atoms with Crippen molar-refractivity contribution in [1.82, 2.24) is 0 Å². The van der Waals surface area contributed by atoms with Crippen molar-refractivity contribution in [2.45, 2.75) is 109 Å². The van der Waals surface area contributed by atoms with Crippen LogP contribution in [0.5, 0.6) is 0 Å². The van der Waals surface area contributed by atoms with Crippen molar-refractivity contribution in [3.05, 3.63) is 35.4 Å². The Kier molecular flexibility index (Phi) is 7.44. The van der Waals surface area contributed by atoms with Gasteiger partial charge in [0.05, 0.1) is 0 Å². The normalized spacial score (nSPS) is 30.3. The highest BCUT2D eigenvalue weighted by atomic mass is 14.3. The molecule has 0 saturated heterocycles. The van der Waals surface area contributed by atoms with Gasteiger partial charge in [0.25, 0.3) is 0 Å². The Bertz CT molecular complexity index is 469. The van der Waals surface area contributed by atoms with E-state index in [1.54, 1.807) is 11.1 Å². The average Bonchev–Trinajstić information content (AvgIpc) is 2.67. The van der Waals surface area contributed by atoms with Crippen LogP contribution in [0.3, 0.4) is 0 Å². The Morgan fingerprint density at radius 1 is 0.680 bits per heavy atom. The highest BCUT2D eigenvalue weighted by molar-refractivity contribution is 5.28. The lowest BCUT2D eigenvalue weighted by Gasteiger charge is -2.30. The van der Waals surface area contributed by atoms with Gasteiger partial charge in [0, 0.05) is 0 Å². The minimum absolute atomic E-state index is 0.837. The molecule has 2 aliphatic carbocycles. The minimum atomic E-state index is 0.837. The predicted molar refractivity (Wildman–Crippen MR) is 110 cm³/mol. The lowest BCUT2D eigenvalue weighted by molar-refractivity contribution is 0.302. The van der Waals surface area contributed by atoms with Gasteiger partial charge in [-0.15, -0.1) is 0 Å². The summed E-state index contributed by atoms with van der Waals surface area (Å²) in [6.07, 6.45) is 18.7. The van der Waals surface area contributed by atoms with Crippen molar-refractivity contribution in [3.8, 4) is 0 Å². The van der Waals surface area contributed by atoms with E-state index in [2.05, 4.69) is 38.1 Å². The van der Waals surface area contributed by atoms with Crippen LogP contribution in [0.25, 0.3) is 0 Å². The second-order valence-electron chi connectivity index (χ2n) is 9.19. The van der Waals surface area contributed by atoms with Crippen molar-refractivity contribution < 1.29 is 0 Å². The lowest BCUT2D eigenvalue weighted by atomic mass is 9.76. The van der Waals surface area contributed by atoms with Crippen LogP contribution in [0.1, 0.15) is 120 Å². The first-order valence-corrected chi connectivity index (χ1v) is 11.4. The quantitative estimate of drug-likeness (QED) is 0.438. The van der Waals surface area contributed by atoms with Crippen molar-refractivity contribution in [2.75, 3.05) is 0 Å². The van der Waals surface area contributed by atoms with E-state index in [1.165, 1.54) is 83.5 Å². The Labute approximate surface area is 156 Å². The third-order valence-electron chi connectivity index (χ3n) is 7.21. The molecular weight excluding hydrogens is 300 g/mol. The van der Waals surface area contributed by atoms with Crippen molar-refractivity contribution in [1.29, 1.82) is 0 Å². The summed E-state index contributed by atoms with van der Waals surface area (Å²) in [5.41, 5.74) is 3.23. The second-order valence-corrected chi connectivity index (χ2v) is 9.19. The number of hydrogen-bond acceptors (Lipinski definition) is 0. The Morgan fingerprint density at radius 2 is 1.20 bits per heavy atom. The Hall–Kier alpha value is -0.780. The van der Waals surface area contributed by atoms with Gasteiger partial charge >= 0.3 is 0 Å². The van der Waals surface area contributed by atoms with Gasteiger partial charge in [-0.1, -0.05) is 83.1 Å². The SMILES string of the molecule is CCCCCC[C@H]1CC[C@H](c2ccc([C@H]3CC[C@H](C)CC3)cc2)CC1. The van der Waals surface area contributed by atoms with Gasteiger partial charge in [-0.3, -0.25) is 0 Å². The van der Waals surface area contributed by atoms with Crippen LogP contribution in [0.4, 0.5) is 0 Å². The van der Waals surface area contributed by atoms with E-state index in [0.29, 0.717) is 0 Å². The molecule has 0 N–H and O–H groups in total. The van der Waals surface area contributed by atoms with Crippen molar-refractivity contribution in [2.24, 2.45) is 11.8 Å². The number of benzene rings is 1. The topological polar surface area (TPSA) is 0 Å². The fourth-order valence-electron chi connectivity index (χ4n) is 5.28. The van der Waals surface area contributed by atoms with E-state index >= 15 is 0 Å². The largest absolute Gasteiger partial charge is 0.0654 e. The van der Waals surface area contributed by atoms with Gasteiger partial charge in [-0.2, -0.15) is 0 Å². The molecule has 0 unspecified atom stereocenters. The molecule has 0 amide bonds. The first-order valence-electron chi connectivity index (χ1n) is 11.4. The molecule has 0 atom stereocenters. The Balaban J connectivity index is 1.44. The zero-order valence-electron chi connectivity index (χ0n) is 16.8. The maximum Gasteiger partial charge on any atom is -0.0162 e. The van der Waals surface area contributed by atoms with Crippen molar-refractivity contribution in [3.63, 3.8) is 0 Å². The predicted octanol–water partition coefficient (Wildman–Crippen LogP) is 8.22. The number of unbranched alkanes of at least 4 members (excludes halogenated alkanes) is 3. The summed E-state index contributed by atoms with van der Waals surface area (Å²) in [5, 5.41) is 0. The van der Waals surface area contributed by atoms with Gasteiger partial charge in [0.1, 0.15) is 0 Å². The van der Waals surface area contributed by atoms with E-state index in [-0.39, 0.29) is 0 Å². The maximum atomic E-state index is 2.47. The third-order valence-corrected chi connectivity index (χ3v) is 7.21. The van der Waals surface area contributed by atoms with E-state index in [9.17, 15) is 0 Å². The fraction of sp³-hybridized carbons (Fsp3) is 0.760. The first kappa shape index (κ1) is 19.0. The van der Waals surface area contributed by atoms with E-state index in [0.717, 1.165) is 23.7 Å². The molecule has 1 aromatic rings. The van der Waals surface area contributed by atoms with Crippen LogP contribution < -0.4 is 0 Å². The van der Waals surface area contributed by atoms with E-state index < -0.39 is 0 Å². The minimum Gasteiger partial charge on any atom is -0.0654 e.